The van der Waals surface area contributed by atoms with Gasteiger partial charge in [-0.25, -0.2) is 56.7 Å². The van der Waals surface area contributed by atoms with Gasteiger partial charge in [-0.3, -0.25) is 0 Å². The number of aryl methyl sites for hydroxylation is 2. The van der Waals surface area contributed by atoms with E-state index in [1.165, 1.54) is 54.8 Å². The Bertz CT molecular complexity index is 6550. The molecule has 0 aromatic heterocycles. The molecular formula is C114H106F2O20. The van der Waals surface area contributed by atoms with Crippen LogP contribution >= 0.6 is 0 Å². The van der Waals surface area contributed by atoms with Crippen molar-refractivity contribution in [1.82, 2.24) is 0 Å². The molecule has 10 aromatic carbocycles. The molecule has 0 aliphatic heterocycles. The standard InChI is InChI=1S/2C24H24O4.2C22H19FO4.C22H20O4/c1-14(2)23(25)27-21-11-9-17(13-16(21)5)18-7-6-8-20-19(18)10-12-22(20)28-24(26)15(3)4;1-14(2)23(25)27-17-9-10-18(16(5)13-17)19-7-6-8-21-20(19)11-12-22(21)28-24(26)15(3)4;1-4-21(24)26-19-11-9-16-15(6-5-7-17(16)19)14-8-10-20(18(23)12-14)27-22(25)13(2)3;1-4-21(24)27-20-11-10-16-15(6-5-7-18(16)20)17-9-8-14(12-19(17)23)26-22(25)13(2)3;1-4-21(23)26-20-13-12-18-17(6-5-7-19(18)20)15-8-10-16(11-9-15)25-22(24)14(2)3/h6-9,11,13,22H,1,3,10,12H2,2,4-5H3;6-10,13,22H,1,3,11-12H2,2,4-5H3;4-8,10,12,19H,1-2,9,11H2,3H3;4-9,12,20H,1-2,10-11H2,3H3;4-11,20H,1-2,12-13H2,3H3. The molecule has 5 atom stereocenters. The largest absolute Gasteiger partial charge is 0.454 e. The first-order valence-corrected chi connectivity index (χ1v) is 44.0. The van der Waals surface area contributed by atoms with Crippen LogP contribution < -0.4 is 23.7 Å². The van der Waals surface area contributed by atoms with E-state index < -0.39 is 59.4 Å². The zero-order valence-corrected chi connectivity index (χ0v) is 77.6. The number of hydrogen-bond acceptors (Lipinski definition) is 20. The zero-order valence-electron chi connectivity index (χ0n) is 77.6. The van der Waals surface area contributed by atoms with Crippen LogP contribution in [0.15, 0.2) is 311 Å². The minimum Gasteiger partial charge on any atom is -0.454 e. The minimum absolute atomic E-state index is 0.120. The number of carbonyl (C=O) groups excluding carboxylic acids is 10. The molecule has 0 spiro atoms. The van der Waals surface area contributed by atoms with Crippen LogP contribution in [-0.2, 0) is 104 Å². The summed E-state index contributed by atoms with van der Waals surface area (Å²) in [6, 6.07) is 56.8. The van der Waals surface area contributed by atoms with E-state index in [9.17, 15) is 56.7 Å². The molecule has 0 bridgehead atoms. The lowest BCUT2D eigenvalue weighted by Crippen LogP contribution is -2.09. The lowest BCUT2D eigenvalue weighted by Gasteiger charge is -2.15. The Morgan fingerprint density at radius 2 is 0.559 bits per heavy atom. The Labute approximate surface area is 790 Å². The molecule has 0 N–H and O–H groups in total. The first kappa shape index (κ1) is 101. The normalized spacial score (nSPS) is 14.9. The van der Waals surface area contributed by atoms with Gasteiger partial charge in [0.2, 0.25) is 0 Å². The number of fused-ring (bicyclic) bond motifs is 5. The Morgan fingerprint density at radius 3 is 0.904 bits per heavy atom. The summed E-state index contributed by atoms with van der Waals surface area (Å²) in [4.78, 5) is 117. The second kappa shape index (κ2) is 45.5. The predicted molar refractivity (Wildman–Crippen MR) is 517 cm³/mol. The molecule has 20 nitrogen and oxygen atoms in total. The topological polar surface area (TPSA) is 263 Å². The van der Waals surface area contributed by atoms with Gasteiger partial charge in [-0.15, -0.1) is 0 Å². The first-order chi connectivity index (χ1) is 64.8. The average Bonchev–Trinajstić information content (AvgIpc) is 1.67. The van der Waals surface area contributed by atoms with Crippen molar-refractivity contribution < 1.29 is 104 Å². The van der Waals surface area contributed by atoms with E-state index >= 15 is 0 Å². The second-order valence-electron chi connectivity index (χ2n) is 33.4. The maximum Gasteiger partial charge on any atom is 0.338 e. The number of benzene rings is 10. The SMILES string of the molecule is C=C(C)C(=O)Oc1ccc(-c2cccc3c2CCC3OC(=O)C(=C)C)c(C)c1.C=C(C)C(=O)Oc1ccc(-c2cccc3c2CCC3OC(=O)C(=C)C)cc1C.C=CC(=O)OC1CCc2c(-c3ccc(OC(=O)C(=C)C)c(F)c3)cccc21.C=CC(=O)OC1CCc2c(-c3ccc(OC(=O)C(=C)C)cc3)cccc21.C=CC(=O)OC1CCc2c(-c3ccc(OC(=O)C(=C)C)cc3F)cccc21. The number of rotatable bonds is 25. The number of hydrogen-bond donors (Lipinski definition) is 0. The molecule has 10 aromatic rings. The van der Waals surface area contributed by atoms with Crippen LogP contribution in [0.4, 0.5) is 8.78 Å². The van der Waals surface area contributed by atoms with Crippen LogP contribution in [0.5, 0.6) is 28.7 Å². The van der Waals surface area contributed by atoms with E-state index in [4.69, 9.17) is 47.4 Å². The summed E-state index contributed by atoms with van der Waals surface area (Å²) in [6.07, 6.45) is 9.57. The van der Waals surface area contributed by atoms with Crippen molar-refractivity contribution in [3.8, 4) is 84.4 Å². The Hall–Kier alpha value is -15.8. The molecule has 0 saturated carbocycles. The molecule has 5 aliphatic rings. The molecule has 0 fully saturated rings. The van der Waals surface area contributed by atoms with Crippen LogP contribution in [0.25, 0.3) is 55.6 Å². The number of carbonyl (C=O) groups is 10. The highest BCUT2D eigenvalue weighted by molar-refractivity contribution is 5.93. The van der Waals surface area contributed by atoms with Crippen molar-refractivity contribution in [2.75, 3.05) is 0 Å². The summed E-state index contributed by atoms with van der Waals surface area (Å²) in [5.74, 6) is -4.30. The molecule has 0 amide bonds. The summed E-state index contributed by atoms with van der Waals surface area (Å²) in [7, 11) is 0. The van der Waals surface area contributed by atoms with E-state index in [2.05, 4.69) is 77.9 Å². The van der Waals surface area contributed by atoms with Gasteiger partial charge in [-0.2, -0.15) is 0 Å². The van der Waals surface area contributed by atoms with Crippen LogP contribution in [0, 0.1) is 25.5 Å². The summed E-state index contributed by atoms with van der Waals surface area (Å²) in [5.41, 5.74) is 23.7. The predicted octanol–water partition coefficient (Wildman–Crippen LogP) is 24.4. The van der Waals surface area contributed by atoms with Crippen molar-refractivity contribution in [1.29, 1.82) is 0 Å². The van der Waals surface area contributed by atoms with Crippen LogP contribution in [0.1, 0.15) is 178 Å². The molecule has 5 unspecified atom stereocenters. The van der Waals surface area contributed by atoms with Crippen LogP contribution in [-0.4, -0.2) is 59.7 Å². The molecule has 22 heteroatoms. The third-order valence-corrected chi connectivity index (χ3v) is 22.9. The van der Waals surface area contributed by atoms with E-state index in [-0.39, 0.29) is 65.1 Å². The number of ether oxygens (including phenoxy) is 10. The molecule has 0 heterocycles. The number of esters is 10. The average molecular weight is 1830 g/mol. The lowest BCUT2D eigenvalue weighted by molar-refractivity contribution is -0.145. The van der Waals surface area contributed by atoms with Gasteiger partial charge in [0.25, 0.3) is 0 Å². The van der Waals surface area contributed by atoms with Crippen molar-refractivity contribution >= 4 is 59.7 Å². The molecule has 0 radical (unpaired) electrons. The molecule has 136 heavy (non-hydrogen) atoms. The van der Waals surface area contributed by atoms with Crippen molar-refractivity contribution in [2.24, 2.45) is 0 Å². The van der Waals surface area contributed by atoms with Crippen molar-refractivity contribution in [3.05, 3.63) is 389 Å². The quantitative estimate of drug-likeness (QED) is 0.0223. The van der Waals surface area contributed by atoms with Crippen LogP contribution in [0.2, 0.25) is 0 Å². The van der Waals surface area contributed by atoms with Gasteiger partial charge in [-0.05, 0) is 304 Å². The highest BCUT2D eigenvalue weighted by Gasteiger charge is 2.35. The van der Waals surface area contributed by atoms with E-state index in [1.807, 2.05) is 129 Å². The van der Waals surface area contributed by atoms with E-state index in [0.29, 0.717) is 81.9 Å². The zero-order chi connectivity index (χ0) is 98.6. The van der Waals surface area contributed by atoms with E-state index in [0.717, 1.165) is 145 Å². The number of halogens is 2. The molecule has 15 rings (SSSR count). The fourth-order valence-electron chi connectivity index (χ4n) is 16.2. The third-order valence-electron chi connectivity index (χ3n) is 22.9. The first-order valence-electron chi connectivity index (χ1n) is 44.0. The molecule has 696 valence electrons. The summed E-state index contributed by atoms with van der Waals surface area (Å²) >= 11 is 0. The smallest absolute Gasteiger partial charge is 0.338 e. The maximum absolute atomic E-state index is 14.7. The van der Waals surface area contributed by atoms with Gasteiger partial charge in [0.15, 0.2) is 11.6 Å². The minimum atomic E-state index is -0.672. The van der Waals surface area contributed by atoms with Gasteiger partial charge >= 0.3 is 59.7 Å². The summed E-state index contributed by atoms with van der Waals surface area (Å²) in [6.45, 7) is 50.4. The molecular weight excluding hydrogens is 1730 g/mol. The highest BCUT2D eigenvalue weighted by Crippen LogP contribution is 2.47. The molecule has 5 aliphatic carbocycles. The van der Waals surface area contributed by atoms with Crippen LogP contribution in [0.3, 0.4) is 0 Å². The highest BCUT2D eigenvalue weighted by atomic mass is 19.1. The summed E-state index contributed by atoms with van der Waals surface area (Å²) in [5, 5.41) is 0. The monoisotopic (exact) mass is 1830 g/mol. The lowest BCUT2D eigenvalue weighted by atomic mass is 9.93. The Kier molecular flexibility index (Phi) is 33.7. The van der Waals surface area contributed by atoms with Gasteiger partial charge in [-0.1, -0.05) is 187 Å². The van der Waals surface area contributed by atoms with Gasteiger partial charge in [0.05, 0.1) is 0 Å². The van der Waals surface area contributed by atoms with Crippen molar-refractivity contribution in [2.45, 2.75) is 157 Å². The summed E-state index contributed by atoms with van der Waals surface area (Å²) < 4.78 is 82.5. The fourth-order valence-corrected chi connectivity index (χ4v) is 16.2. The molecule has 0 saturated heterocycles. The van der Waals surface area contributed by atoms with Gasteiger partial charge < -0.3 is 47.4 Å². The second-order valence-corrected chi connectivity index (χ2v) is 33.4. The van der Waals surface area contributed by atoms with Crippen molar-refractivity contribution in [3.63, 3.8) is 0 Å². The fraction of sp³-hybridized carbons (Fsp3) is 0.211. The third kappa shape index (κ3) is 24.9. The van der Waals surface area contributed by atoms with Gasteiger partial charge in [0.1, 0.15) is 59.3 Å². The van der Waals surface area contributed by atoms with Gasteiger partial charge in [0, 0.05) is 68.9 Å². The Morgan fingerprint density at radius 1 is 0.272 bits per heavy atom. The van der Waals surface area contributed by atoms with E-state index in [1.54, 1.807) is 77.1 Å². The Balaban J connectivity index is 0.000000163. The maximum atomic E-state index is 14.7.